The maximum Gasteiger partial charge on any atom is 0.125 e. The molecule has 0 saturated heterocycles. The molecule has 0 amide bonds. The monoisotopic (exact) mass is 474 g/mol. The normalized spacial score (nSPS) is 19.9. The minimum Gasteiger partial charge on any atom is -0.652 e. The van der Waals surface area contributed by atoms with Gasteiger partial charge in [-0.1, -0.05) is 73.3 Å². The fraction of sp³-hybridized carbons (Fsp3) is 0.478. The number of fused-ring (bicyclic) bond motifs is 1. The van der Waals surface area contributed by atoms with Crippen molar-refractivity contribution in [2.75, 3.05) is 19.8 Å². The first-order chi connectivity index (χ1) is 13.6. The smallest absolute Gasteiger partial charge is 0.125 e. The summed E-state index contributed by atoms with van der Waals surface area (Å²) < 4.78 is 13.8. The van der Waals surface area contributed by atoms with Gasteiger partial charge in [0, 0.05) is 39.3 Å². The van der Waals surface area contributed by atoms with Gasteiger partial charge in [-0.3, -0.25) is 5.32 Å². The first-order valence-corrected chi connectivity index (χ1v) is 10.2. The number of rotatable bonds is 4. The van der Waals surface area contributed by atoms with Crippen LogP contribution in [0.25, 0.3) is 5.32 Å². The van der Waals surface area contributed by atoms with Crippen molar-refractivity contribution in [3.8, 4) is 0 Å². The largest absolute Gasteiger partial charge is 0.652 e. The standard InChI is InChI=1S/C15H13FN.C8H17NO2.Y/c16-14-8-4-3-7-13(14)15-12-6-2-1-5-11(12)9-10-17-15;10-7-9-6-8(11)4-2-1-3-5-8;/h1-8,15H,9-10H2;9-11H,1-7H2;/q-1;;. The quantitative estimate of drug-likeness (QED) is 0.586. The zero-order chi connectivity index (χ0) is 19.8. The second-order valence-electron chi connectivity index (χ2n) is 7.65. The predicted molar refractivity (Wildman–Crippen MR) is 110 cm³/mol. The van der Waals surface area contributed by atoms with E-state index in [4.69, 9.17) is 5.11 Å². The number of nitrogens with zero attached hydrogens (tertiary/aromatic N) is 1. The van der Waals surface area contributed by atoms with Gasteiger partial charge < -0.3 is 15.5 Å². The molecular weight excluding hydrogens is 444 g/mol. The van der Waals surface area contributed by atoms with Crippen LogP contribution in [0.4, 0.5) is 4.39 Å². The van der Waals surface area contributed by atoms with Gasteiger partial charge in [0.2, 0.25) is 0 Å². The van der Waals surface area contributed by atoms with Gasteiger partial charge in [0.25, 0.3) is 0 Å². The minimum atomic E-state index is -0.541. The van der Waals surface area contributed by atoms with Gasteiger partial charge in [0.05, 0.1) is 12.3 Å². The summed E-state index contributed by atoms with van der Waals surface area (Å²) in [6.45, 7) is 1.27. The number of nitrogens with one attached hydrogen (secondary N) is 1. The van der Waals surface area contributed by atoms with E-state index < -0.39 is 5.60 Å². The Morgan fingerprint density at radius 2 is 1.66 bits per heavy atom. The first-order valence-electron chi connectivity index (χ1n) is 10.2. The molecule has 2 aliphatic rings. The minimum absolute atomic E-state index is 0. The fourth-order valence-corrected chi connectivity index (χ4v) is 4.08. The van der Waals surface area contributed by atoms with Crippen molar-refractivity contribution in [2.45, 2.75) is 50.2 Å². The van der Waals surface area contributed by atoms with Gasteiger partial charge in [-0.15, -0.1) is 6.54 Å². The number of hydrogen-bond donors (Lipinski definition) is 3. The maximum absolute atomic E-state index is 13.8. The molecule has 1 unspecified atom stereocenters. The van der Waals surface area contributed by atoms with Gasteiger partial charge in [0.1, 0.15) is 5.82 Å². The number of benzene rings is 2. The van der Waals surface area contributed by atoms with Crippen LogP contribution in [0.1, 0.15) is 54.8 Å². The van der Waals surface area contributed by atoms with E-state index in [-0.39, 0.29) is 51.3 Å². The molecule has 0 aromatic heterocycles. The van der Waals surface area contributed by atoms with Crippen LogP contribution in [0, 0.1) is 5.82 Å². The van der Waals surface area contributed by atoms with E-state index in [9.17, 15) is 9.50 Å². The molecule has 1 aliphatic carbocycles. The molecule has 4 nitrogen and oxygen atoms in total. The van der Waals surface area contributed by atoms with E-state index in [0.29, 0.717) is 12.1 Å². The van der Waals surface area contributed by atoms with Crippen molar-refractivity contribution in [3.63, 3.8) is 0 Å². The topological polar surface area (TPSA) is 66.6 Å². The van der Waals surface area contributed by atoms with Crippen LogP contribution in [-0.4, -0.2) is 35.6 Å². The van der Waals surface area contributed by atoms with E-state index in [1.54, 1.807) is 6.07 Å². The van der Waals surface area contributed by atoms with Crippen molar-refractivity contribution in [1.29, 1.82) is 0 Å². The van der Waals surface area contributed by atoms with Gasteiger partial charge in [-0.05, 0) is 36.5 Å². The molecule has 29 heavy (non-hydrogen) atoms. The first kappa shape index (κ1) is 24.6. The van der Waals surface area contributed by atoms with Gasteiger partial charge in [0.15, 0.2) is 0 Å². The molecule has 0 bridgehead atoms. The number of aliphatic hydroxyl groups excluding tert-OH is 1. The summed E-state index contributed by atoms with van der Waals surface area (Å²) in [6, 6.07) is 15.0. The summed E-state index contributed by atoms with van der Waals surface area (Å²) in [4.78, 5) is 0. The molecule has 1 heterocycles. The summed E-state index contributed by atoms with van der Waals surface area (Å²) in [7, 11) is 0. The molecule has 1 radical (unpaired) electrons. The molecule has 0 spiro atoms. The summed E-state index contributed by atoms with van der Waals surface area (Å²) >= 11 is 0. The number of hydrogen-bond acceptors (Lipinski definition) is 3. The Kier molecular flexibility index (Phi) is 10.4. The third-order valence-electron chi connectivity index (χ3n) is 5.59. The average Bonchev–Trinajstić information content (AvgIpc) is 2.73. The summed E-state index contributed by atoms with van der Waals surface area (Å²) in [6.07, 6.45) is 6.18. The third kappa shape index (κ3) is 6.91. The fourth-order valence-electron chi connectivity index (χ4n) is 4.08. The molecule has 1 atom stereocenters. The zero-order valence-electron chi connectivity index (χ0n) is 16.9. The van der Waals surface area contributed by atoms with E-state index in [1.165, 1.54) is 18.1 Å². The Hall–Kier alpha value is -0.686. The van der Waals surface area contributed by atoms with Crippen LogP contribution in [0.5, 0.6) is 0 Å². The second-order valence-corrected chi connectivity index (χ2v) is 7.65. The molecule has 4 rings (SSSR count). The Labute approximate surface area is 198 Å². The van der Waals surface area contributed by atoms with Crippen LogP contribution in [-0.2, 0) is 39.1 Å². The molecule has 1 aliphatic heterocycles. The number of aliphatic hydroxyl groups is 2. The van der Waals surface area contributed by atoms with E-state index >= 15 is 0 Å². The molecular formula is C23H30FN2O2Y-. The molecule has 2 aromatic rings. The van der Waals surface area contributed by atoms with Crippen LogP contribution in [0.15, 0.2) is 48.5 Å². The number of halogens is 1. The van der Waals surface area contributed by atoms with Crippen molar-refractivity contribution < 1.29 is 47.3 Å². The van der Waals surface area contributed by atoms with E-state index in [2.05, 4.69) is 22.8 Å². The molecule has 3 N–H and O–H groups in total. The van der Waals surface area contributed by atoms with Crippen LogP contribution < -0.4 is 5.32 Å². The molecule has 1 saturated carbocycles. The zero-order valence-corrected chi connectivity index (χ0v) is 19.7. The summed E-state index contributed by atoms with van der Waals surface area (Å²) in [5.74, 6) is -0.169. The van der Waals surface area contributed by atoms with E-state index in [0.717, 1.165) is 44.2 Å². The van der Waals surface area contributed by atoms with Gasteiger partial charge >= 0.3 is 0 Å². The van der Waals surface area contributed by atoms with Crippen molar-refractivity contribution in [1.82, 2.24) is 5.32 Å². The molecule has 1 fully saturated rings. The Bertz CT molecular complexity index is 753. The predicted octanol–water partition coefficient (Wildman–Crippen LogP) is 4.06. The Morgan fingerprint density at radius 1 is 1.00 bits per heavy atom. The Balaban J connectivity index is 0.000000219. The SMILES string of the molecule is Fc1ccccc1C1[N-]CCc2ccccc21.OCNCC1(O)CCCCC1.[Y]. The summed E-state index contributed by atoms with van der Waals surface area (Å²) in [5.41, 5.74) is 2.57. The maximum atomic E-state index is 13.8. The van der Waals surface area contributed by atoms with E-state index in [1.807, 2.05) is 24.3 Å². The third-order valence-corrected chi connectivity index (χ3v) is 5.59. The van der Waals surface area contributed by atoms with Crippen LogP contribution >= 0.6 is 0 Å². The average molecular weight is 474 g/mol. The summed E-state index contributed by atoms with van der Waals surface area (Å²) in [5, 5.41) is 25.6. The van der Waals surface area contributed by atoms with Crippen molar-refractivity contribution in [3.05, 3.63) is 76.4 Å². The van der Waals surface area contributed by atoms with Gasteiger partial charge in [-0.2, -0.15) is 0 Å². The van der Waals surface area contributed by atoms with Crippen LogP contribution in [0.2, 0.25) is 0 Å². The second kappa shape index (κ2) is 12.2. The van der Waals surface area contributed by atoms with Gasteiger partial charge in [-0.25, -0.2) is 4.39 Å². The molecule has 155 valence electrons. The van der Waals surface area contributed by atoms with Crippen LogP contribution in [0.3, 0.4) is 0 Å². The molecule has 6 heteroatoms. The molecule has 2 aromatic carbocycles. The van der Waals surface area contributed by atoms with Crippen molar-refractivity contribution >= 4 is 0 Å². The van der Waals surface area contributed by atoms with Crippen molar-refractivity contribution in [2.24, 2.45) is 0 Å². The Morgan fingerprint density at radius 3 is 2.34 bits per heavy atom.